The highest BCUT2D eigenvalue weighted by molar-refractivity contribution is 5.99. The van der Waals surface area contributed by atoms with Gasteiger partial charge in [-0.2, -0.15) is 5.10 Å². The normalized spacial score (nSPS) is 13.7. The molecule has 0 aliphatic heterocycles. The number of rotatable bonds is 4. The van der Waals surface area contributed by atoms with Gasteiger partial charge < -0.3 is 16.2 Å². The van der Waals surface area contributed by atoms with Gasteiger partial charge in [-0.3, -0.25) is 4.79 Å². The van der Waals surface area contributed by atoms with Crippen LogP contribution in [0.4, 0.5) is 5.69 Å². The van der Waals surface area contributed by atoms with E-state index in [1.54, 1.807) is 12.3 Å². The number of nitrogens with one attached hydrogen (secondary N) is 1. The van der Waals surface area contributed by atoms with Gasteiger partial charge in [0.05, 0.1) is 24.0 Å². The van der Waals surface area contributed by atoms with Crippen molar-refractivity contribution in [2.75, 3.05) is 11.9 Å². The molecule has 0 radical (unpaired) electrons. The van der Waals surface area contributed by atoms with Gasteiger partial charge in [0.15, 0.2) is 0 Å². The Morgan fingerprint density at radius 3 is 2.83 bits per heavy atom. The minimum atomic E-state index is -1.33. The summed E-state index contributed by atoms with van der Waals surface area (Å²) < 4.78 is 1.83. The highest BCUT2D eigenvalue weighted by Crippen LogP contribution is 2.23. The molecule has 1 heterocycles. The fourth-order valence-corrected chi connectivity index (χ4v) is 2.41. The van der Waals surface area contributed by atoms with Crippen LogP contribution >= 0.6 is 0 Å². The first-order valence-corrected chi connectivity index (χ1v) is 7.67. The summed E-state index contributed by atoms with van der Waals surface area (Å²) in [6.07, 6.45) is 1.78. The molecular weight excluding hydrogens is 304 g/mol. The van der Waals surface area contributed by atoms with Gasteiger partial charge in [-0.1, -0.05) is 12.1 Å². The SMILES string of the molecule is Cc1cccc(-n2ncc3ccc(NC(=O)[C@@](C)(N)CO)cc32)c1. The third-order valence-corrected chi connectivity index (χ3v) is 3.92. The summed E-state index contributed by atoms with van der Waals surface area (Å²) in [5, 5.41) is 17.3. The summed E-state index contributed by atoms with van der Waals surface area (Å²) in [7, 11) is 0. The van der Waals surface area contributed by atoms with Crippen molar-refractivity contribution in [2.45, 2.75) is 19.4 Å². The van der Waals surface area contributed by atoms with E-state index < -0.39 is 18.1 Å². The maximum absolute atomic E-state index is 12.1. The van der Waals surface area contributed by atoms with Crippen molar-refractivity contribution in [3.63, 3.8) is 0 Å². The highest BCUT2D eigenvalue weighted by Gasteiger charge is 2.27. The van der Waals surface area contributed by atoms with E-state index in [1.807, 2.05) is 48.0 Å². The molecule has 4 N–H and O–H groups in total. The lowest BCUT2D eigenvalue weighted by Gasteiger charge is -2.20. The summed E-state index contributed by atoms with van der Waals surface area (Å²) in [4.78, 5) is 12.1. The van der Waals surface area contributed by atoms with E-state index in [4.69, 9.17) is 5.73 Å². The summed E-state index contributed by atoms with van der Waals surface area (Å²) >= 11 is 0. The van der Waals surface area contributed by atoms with E-state index in [0.717, 1.165) is 22.2 Å². The molecule has 3 aromatic rings. The molecule has 1 amide bonds. The van der Waals surface area contributed by atoms with Crippen LogP contribution in [0.5, 0.6) is 0 Å². The van der Waals surface area contributed by atoms with Crippen LogP contribution < -0.4 is 11.1 Å². The Balaban J connectivity index is 1.99. The molecule has 24 heavy (non-hydrogen) atoms. The third kappa shape index (κ3) is 3.02. The predicted octanol–water partition coefficient (Wildman–Crippen LogP) is 1.98. The zero-order chi connectivity index (χ0) is 17.3. The number of nitrogens with two attached hydrogens (primary N) is 1. The number of carbonyl (C=O) groups excluding carboxylic acids is 1. The Morgan fingerprint density at radius 1 is 1.33 bits per heavy atom. The van der Waals surface area contributed by atoms with E-state index >= 15 is 0 Å². The van der Waals surface area contributed by atoms with Gasteiger partial charge in [0.1, 0.15) is 5.54 Å². The van der Waals surface area contributed by atoms with Crippen LogP contribution in [-0.4, -0.2) is 32.9 Å². The van der Waals surface area contributed by atoms with E-state index in [2.05, 4.69) is 10.4 Å². The zero-order valence-corrected chi connectivity index (χ0v) is 13.7. The Labute approximate surface area is 139 Å². The average Bonchev–Trinajstić information content (AvgIpc) is 2.98. The van der Waals surface area contributed by atoms with Gasteiger partial charge >= 0.3 is 0 Å². The van der Waals surface area contributed by atoms with E-state index in [-0.39, 0.29) is 0 Å². The number of hydrogen-bond donors (Lipinski definition) is 3. The maximum atomic E-state index is 12.1. The van der Waals surface area contributed by atoms with Crippen molar-refractivity contribution < 1.29 is 9.90 Å². The topological polar surface area (TPSA) is 93.2 Å². The number of aromatic nitrogens is 2. The second-order valence-corrected chi connectivity index (χ2v) is 6.20. The largest absolute Gasteiger partial charge is 0.394 e. The van der Waals surface area contributed by atoms with Gasteiger partial charge in [0, 0.05) is 11.1 Å². The molecule has 0 fully saturated rings. The molecule has 0 bridgehead atoms. The Morgan fingerprint density at radius 2 is 2.12 bits per heavy atom. The minimum absolute atomic E-state index is 0.428. The lowest BCUT2D eigenvalue weighted by Crippen LogP contribution is -2.51. The number of amides is 1. The number of nitrogens with zero attached hydrogens (tertiary/aromatic N) is 2. The minimum Gasteiger partial charge on any atom is -0.394 e. The molecule has 0 spiro atoms. The summed E-state index contributed by atoms with van der Waals surface area (Å²) in [5.41, 5.74) is 8.00. The van der Waals surface area contributed by atoms with E-state index in [9.17, 15) is 9.90 Å². The number of anilines is 1. The second-order valence-electron chi connectivity index (χ2n) is 6.20. The molecule has 0 unspecified atom stereocenters. The van der Waals surface area contributed by atoms with Gasteiger partial charge in [-0.05, 0) is 49.7 Å². The van der Waals surface area contributed by atoms with Crippen molar-refractivity contribution in [1.82, 2.24) is 9.78 Å². The number of aryl methyl sites for hydroxylation is 1. The Bertz CT molecular complexity index is 899. The van der Waals surface area contributed by atoms with Crippen LogP contribution in [0.25, 0.3) is 16.6 Å². The quantitative estimate of drug-likeness (QED) is 0.684. The first-order chi connectivity index (χ1) is 11.4. The van der Waals surface area contributed by atoms with Crippen molar-refractivity contribution >= 4 is 22.5 Å². The molecule has 0 saturated heterocycles. The van der Waals surface area contributed by atoms with Crippen molar-refractivity contribution in [3.8, 4) is 5.69 Å². The van der Waals surface area contributed by atoms with Crippen molar-refractivity contribution in [1.29, 1.82) is 0 Å². The van der Waals surface area contributed by atoms with Crippen LogP contribution in [0, 0.1) is 6.92 Å². The lowest BCUT2D eigenvalue weighted by molar-refractivity contribution is -0.121. The number of aliphatic hydroxyl groups is 1. The third-order valence-electron chi connectivity index (χ3n) is 3.92. The van der Waals surface area contributed by atoms with Crippen LogP contribution in [0.3, 0.4) is 0 Å². The zero-order valence-electron chi connectivity index (χ0n) is 13.7. The van der Waals surface area contributed by atoms with Crippen molar-refractivity contribution in [3.05, 3.63) is 54.2 Å². The number of hydrogen-bond acceptors (Lipinski definition) is 4. The number of benzene rings is 2. The van der Waals surface area contributed by atoms with Gasteiger partial charge in [-0.25, -0.2) is 4.68 Å². The number of aliphatic hydroxyl groups excluding tert-OH is 1. The molecule has 1 atom stereocenters. The Hall–Kier alpha value is -2.70. The molecule has 6 nitrogen and oxygen atoms in total. The molecule has 6 heteroatoms. The molecular formula is C18H20N4O2. The van der Waals surface area contributed by atoms with Gasteiger partial charge in [-0.15, -0.1) is 0 Å². The Kier molecular flexibility index (Phi) is 4.09. The fraction of sp³-hybridized carbons (Fsp3) is 0.222. The van der Waals surface area contributed by atoms with Gasteiger partial charge in [0.2, 0.25) is 5.91 Å². The van der Waals surface area contributed by atoms with Crippen LogP contribution in [-0.2, 0) is 4.79 Å². The van der Waals surface area contributed by atoms with Crippen molar-refractivity contribution in [2.24, 2.45) is 5.73 Å². The van der Waals surface area contributed by atoms with E-state index in [0.29, 0.717) is 5.69 Å². The molecule has 0 aliphatic rings. The molecule has 3 rings (SSSR count). The highest BCUT2D eigenvalue weighted by atomic mass is 16.3. The molecule has 0 aliphatic carbocycles. The fourth-order valence-electron chi connectivity index (χ4n) is 2.41. The van der Waals surface area contributed by atoms with Gasteiger partial charge in [0.25, 0.3) is 0 Å². The predicted molar refractivity (Wildman–Crippen MR) is 94.1 cm³/mol. The summed E-state index contributed by atoms with van der Waals surface area (Å²) in [6.45, 7) is 3.08. The standard InChI is InChI=1S/C18H20N4O2/c1-12-4-3-5-15(8-12)22-16-9-14(7-6-13(16)10-20-22)21-17(24)18(2,19)11-23/h3-10,23H,11,19H2,1-2H3,(H,21,24)/t18-/m0/s1. The molecule has 124 valence electrons. The average molecular weight is 324 g/mol. The second kappa shape index (κ2) is 6.07. The molecule has 1 aromatic heterocycles. The smallest absolute Gasteiger partial charge is 0.246 e. The van der Waals surface area contributed by atoms with E-state index in [1.165, 1.54) is 6.92 Å². The van der Waals surface area contributed by atoms with Crippen LogP contribution in [0.2, 0.25) is 0 Å². The number of carbonyl (C=O) groups is 1. The molecule has 2 aromatic carbocycles. The lowest BCUT2D eigenvalue weighted by atomic mass is 10.0. The maximum Gasteiger partial charge on any atom is 0.246 e. The first-order valence-electron chi connectivity index (χ1n) is 7.67. The summed E-state index contributed by atoms with van der Waals surface area (Å²) in [5.74, 6) is -0.439. The molecule has 0 saturated carbocycles. The first kappa shape index (κ1) is 16.2. The monoisotopic (exact) mass is 324 g/mol. The van der Waals surface area contributed by atoms with Crippen LogP contribution in [0.1, 0.15) is 12.5 Å². The van der Waals surface area contributed by atoms with Crippen LogP contribution in [0.15, 0.2) is 48.7 Å². The number of fused-ring (bicyclic) bond motifs is 1. The summed E-state index contributed by atoms with van der Waals surface area (Å²) in [6, 6.07) is 13.5.